The fourth-order valence-electron chi connectivity index (χ4n) is 1.36. The van der Waals surface area contributed by atoms with Gasteiger partial charge < -0.3 is 5.32 Å². The first-order valence-electron chi connectivity index (χ1n) is 5.31. The van der Waals surface area contributed by atoms with E-state index in [9.17, 15) is 0 Å². The van der Waals surface area contributed by atoms with Gasteiger partial charge in [-0.25, -0.2) is 0 Å². The molecule has 0 bridgehead atoms. The number of halogens is 1. The van der Waals surface area contributed by atoms with Gasteiger partial charge in [-0.3, -0.25) is 0 Å². The highest BCUT2D eigenvalue weighted by molar-refractivity contribution is 6.30. The summed E-state index contributed by atoms with van der Waals surface area (Å²) in [6.07, 6.45) is 4.16. The Morgan fingerprint density at radius 1 is 1.40 bits per heavy atom. The lowest BCUT2D eigenvalue weighted by Crippen LogP contribution is -2.25. The van der Waals surface area contributed by atoms with Crippen molar-refractivity contribution in [3.8, 4) is 0 Å². The number of hydrogen-bond donors (Lipinski definition) is 1. The molecule has 1 N–H and O–H groups in total. The number of benzene rings is 1. The molecule has 0 aliphatic carbocycles. The number of hydrogen-bond acceptors (Lipinski definition) is 1. The van der Waals surface area contributed by atoms with E-state index in [0.29, 0.717) is 6.04 Å². The van der Waals surface area contributed by atoms with Crippen molar-refractivity contribution in [3.63, 3.8) is 0 Å². The van der Waals surface area contributed by atoms with Crippen molar-refractivity contribution in [3.05, 3.63) is 47.5 Å². The summed E-state index contributed by atoms with van der Waals surface area (Å²) in [5.74, 6) is 0. The molecular formula is C13H18ClN. The summed E-state index contributed by atoms with van der Waals surface area (Å²) in [6.45, 7) is 6.81. The van der Waals surface area contributed by atoms with Gasteiger partial charge in [0.25, 0.3) is 0 Å². The SMILES string of the molecule is C=CCC[C@@H](C)NCc1ccc(Cl)cc1. The van der Waals surface area contributed by atoms with Gasteiger partial charge in [-0.2, -0.15) is 0 Å². The van der Waals surface area contributed by atoms with Crippen LogP contribution in [0.15, 0.2) is 36.9 Å². The lowest BCUT2D eigenvalue weighted by atomic mass is 10.1. The maximum Gasteiger partial charge on any atom is 0.0406 e. The third-order valence-electron chi connectivity index (χ3n) is 2.37. The molecule has 1 aromatic rings. The molecule has 1 nitrogen and oxygen atoms in total. The molecule has 15 heavy (non-hydrogen) atoms. The van der Waals surface area contributed by atoms with Crippen molar-refractivity contribution in [1.29, 1.82) is 0 Å². The Morgan fingerprint density at radius 2 is 2.07 bits per heavy atom. The first-order valence-corrected chi connectivity index (χ1v) is 5.69. The van der Waals surface area contributed by atoms with Crippen molar-refractivity contribution in [2.45, 2.75) is 32.4 Å². The molecule has 1 atom stereocenters. The summed E-state index contributed by atoms with van der Waals surface area (Å²) in [5.41, 5.74) is 1.27. The van der Waals surface area contributed by atoms with E-state index in [0.717, 1.165) is 24.4 Å². The molecule has 0 amide bonds. The second-order valence-corrected chi connectivity index (χ2v) is 4.21. The third-order valence-corrected chi connectivity index (χ3v) is 2.62. The highest BCUT2D eigenvalue weighted by Crippen LogP contribution is 2.09. The van der Waals surface area contributed by atoms with Crippen LogP contribution in [0.1, 0.15) is 25.3 Å². The van der Waals surface area contributed by atoms with E-state index < -0.39 is 0 Å². The third kappa shape index (κ3) is 5.01. The second-order valence-electron chi connectivity index (χ2n) is 3.77. The molecule has 2 heteroatoms. The lowest BCUT2D eigenvalue weighted by Gasteiger charge is -2.12. The van der Waals surface area contributed by atoms with Gasteiger partial charge >= 0.3 is 0 Å². The van der Waals surface area contributed by atoms with E-state index >= 15 is 0 Å². The van der Waals surface area contributed by atoms with Gasteiger partial charge in [0.1, 0.15) is 0 Å². The van der Waals surface area contributed by atoms with E-state index in [1.165, 1.54) is 5.56 Å². The Kier molecular flexibility index (Phi) is 5.44. The van der Waals surface area contributed by atoms with Crippen LogP contribution in [0.5, 0.6) is 0 Å². The van der Waals surface area contributed by atoms with E-state index in [1.54, 1.807) is 0 Å². The molecule has 1 rings (SSSR count). The van der Waals surface area contributed by atoms with Gasteiger partial charge in [-0.1, -0.05) is 29.8 Å². The van der Waals surface area contributed by atoms with Crippen LogP contribution in [0, 0.1) is 0 Å². The minimum atomic E-state index is 0.527. The molecular weight excluding hydrogens is 206 g/mol. The van der Waals surface area contributed by atoms with Crippen LogP contribution in [-0.2, 0) is 6.54 Å². The quantitative estimate of drug-likeness (QED) is 0.724. The van der Waals surface area contributed by atoms with E-state index in [-0.39, 0.29) is 0 Å². The fraction of sp³-hybridized carbons (Fsp3) is 0.385. The maximum absolute atomic E-state index is 5.81. The van der Waals surface area contributed by atoms with E-state index in [1.807, 2.05) is 18.2 Å². The Bertz CT molecular complexity index is 292. The Morgan fingerprint density at radius 3 is 2.67 bits per heavy atom. The molecule has 0 spiro atoms. The summed E-state index contributed by atoms with van der Waals surface area (Å²) >= 11 is 5.81. The number of nitrogens with one attached hydrogen (secondary N) is 1. The summed E-state index contributed by atoms with van der Waals surface area (Å²) in [7, 11) is 0. The molecule has 0 aliphatic rings. The molecule has 0 heterocycles. The van der Waals surface area contributed by atoms with Crippen molar-refractivity contribution >= 4 is 11.6 Å². The minimum absolute atomic E-state index is 0.527. The largest absolute Gasteiger partial charge is 0.310 e. The Balaban J connectivity index is 2.30. The zero-order chi connectivity index (χ0) is 11.1. The Hall–Kier alpha value is -0.790. The summed E-state index contributed by atoms with van der Waals surface area (Å²) in [6, 6.07) is 8.48. The summed E-state index contributed by atoms with van der Waals surface area (Å²) in [4.78, 5) is 0. The van der Waals surface area contributed by atoms with Crippen LogP contribution in [0.25, 0.3) is 0 Å². The fourth-order valence-corrected chi connectivity index (χ4v) is 1.49. The predicted octanol–water partition coefficient (Wildman–Crippen LogP) is 3.78. The molecule has 0 aliphatic heterocycles. The van der Waals surface area contributed by atoms with Gasteiger partial charge in [0.05, 0.1) is 0 Å². The first kappa shape index (κ1) is 12.3. The standard InChI is InChI=1S/C13H18ClN/c1-3-4-5-11(2)15-10-12-6-8-13(14)9-7-12/h3,6-9,11,15H,1,4-5,10H2,2H3/t11-/m1/s1. The monoisotopic (exact) mass is 223 g/mol. The average molecular weight is 224 g/mol. The second kappa shape index (κ2) is 6.65. The minimum Gasteiger partial charge on any atom is -0.310 e. The van der Waals surface area contributed by atoms with Gasteiger partial charge in [0.15, 0.2) is 0 Å². The molecule has 82 valence electrons. The van der Waals surface area contributed by atoms with E-state index in [2.05, 4.69) is 31.0 Å². The molecule has 0 saturated heterocycles. The van der Waals surface area contributed by atoms with Gasteiger partial charge in [0.2, 0.25) is 0 Å². The van der Waals surface area contributed by atoms with Crippen LogP contribution in [-0.4, -0.2) is 6.04 Å². The zero-order valence-electron chi connectivity index (χ0n) is 9.17. The van der Waals surface area contributed by atoms with Crippen molar-refractivity contribution < 1.29 is 0 Å². The Labute approximate surface area is 97.1 Å². The maximum atomic E-state index is 5.81. The van der Waals surface area contributed by atoms with Crippen molar-refractivity contribution in [2.75, 3.05) is 0 Å². The van der Waals surface area contributed by atoms with Crippen LogP contribution in [0.2, 0.25) is 5.02 Å². The van der Waals surface area contributed by atoms with Crippen LogP contribution in [0.3, 0.4) is 0 Å². The molecule has 1 aromatic carbocycles. The average Bonchev–Trinajstić information content (AvgIpc) is 2.25. The van der Waals surface area contributed by atoms with Crippen molar-refractivity contribution in [2.24, 2.45) is 0 Å². The predicted molar refractivity (Wildman–Crippen MR) is 67.2 cm³/mol. The summed E-state index contributed by atoms with van der Waals surface area (Å²) < 4.78 is 0. The normalized spacial score (nSPS) is 12.4. The molecule has 0 fully saturated rings. The molecule has 0 aromatic heterocycles. The van der Waals surface area contributed by atoms with E-state index in [4.69, 9.17) is 11.6 Å². The highest BCUT2D eigenvalue weighted by atomic mass is 35.5. The zero-order valence-corrected chi connectivity index (χ0v) is 9.93. The molecule has 0 saturated carbocycles. The lowest BCUT2D eigenvalue weighted by molar-refractivity contribution is 0.518. The highest BCUT2D eigenvalue weighted by Gasteiger charge is 1.99. The number of allylic oxidation sites excluding steroid dienone is 1. The van der Waals surface area contributed by atoms with Crippen LogP contribution >= 0.6 is 11.6 Å². The first-order chi connectivity index (χ1) is 7.22. The van der Waals surface area contributed by atoms with Gasteiger partial charge in [-0.05, 0) is 37.5 Å². The van der Waals surface area contributed by atoms with Crippen LogP contribution < -0.4 is 5.32 Å². The van der Waals surface area contributed by atoms with Gasteiger partial charge in [0, 0.05) is 17.6 Å². The summed E-state index contributed by atoms with van der Waals surface area (Å²) in [5, 5.41) is 4.25. The smallest absolute Gasteiger partial charge is 0.0406 e. The van der Waals surface area contributed by atoms with Crippen LogP contribution in [0.4, 0.5) is 0 Å². The molecule has 0 unspecified atom stereocenters. The number of rotatable bonds is 6. The van der Waals surface area contributed by atoms with Crippen molar-refractivity contribution in [1.82, 2.24) is 5.32 Å². The van der Waals surface area contributed by atoms with Gasteiger partial charge in [-0.15, -0.1) is 6.58 Å². The molecule has 0 radical (unpaired) electrons. The topological polar surface area (TPSA) is 12.0 Å².